The van der Waals surface area contributed by atoms with Crippen LogP contribution in [0.4, 0.5) is 11.4 Å². The van der Waals surface area contributed by atoms with Crippen molar-refractivity contribution in [3.63, 3.8) is 0 Å². The number of nitrogens with one attached hydrogen (secondary N) is 1. The van der Waals surface area contributed by atoms with Gasteiger partial charge < -0.3 is 10.1 Å². The molecule has 0 aromatic heterocycles. The molecule has 0 saturated heterocycles. The molecule has 6 heteroatoms. The Morgan fingerprint density at radius 1 is 1.58 bits per heavy atom. The lowest BCUT2D eigenvalue weighted by Gasteiger charge is -2.09. The molecule has 1 aromatic rings. The van der Waals surface area contributed by atoms with E-state index in [1.165, 1.54) is 6.07 Å². The summed E-state index contributed by atoms with van der Waals surface area (Å²) in [5.74, 6) is -0.268. The van der Waals surface area contributed by atoms with Gasteiger partial charge in [0.1, 0.15) is 0 Å². The van der Waals surface area contributed by atoms with Crippen LogP contribution in [0, 0.1) is 10.1 Å². The Balaban J connectivity index is 2.12. The summed E-state index contributed by atoms with van der Waals surface area (Å²) < 4.78 is 4.87. The molecule has 2 rings (SSSR count). The Bertz CT molecular complexity index is 501. The second kappa shape index (κ2) is 5.69. The summed E-state index contributed by atoms with van der Waals surface area (Å²) in [6.45, 7) is 2.74. The highest BCUT2D eigenvalue weighted by molar-refractivity contribution is 5.70. The van der Waals surface area contributed by atoms with Gasteiger partial charge in [0.05, 0.1) is 17.1 Å². The summed E-state index contributed by atoms with van der Waals surface area (Å²) >= 11 is 0. The van der Waals surface area contributed by atoms with Gasteiger partial charge in [-0.25, -0.2) is 0 Å². The zero-order valence-corrected chi connectivity index (χ0v) is 10.7. The molecule has 1 heterocycles. The van der Waals surface area contributed by atoms with E-state index < -0.39 is 0 Å². The third-order valence-corrected chi connectivity index (χ3v) is 3.23. The van der Waals surface area contributed by atoms with E-state index in [2.05, 4.69) is 5.32 Å². The lowest BCUT2D eigenvalue weighted by molar-refractivity contribution is -0.385. The van der Waals surface area contributed by atoms with Crippen LogP contribution in [-0.4, -0.2) is 24.0 Å². The van der Waals surface area contributed by atoms with Gasteiger partial charge in [-0.1, -0.05) is 6.07 Å². The van der Waals surface area contributed by atoms with Crippen molar-refractivity contribution in [2.75, 3.05) is 18.5 Å². The predicted molar refractivity (Wildman–Crippen MR) is 70.2 cm³/mol. The molecular weight excluding hydrogens is 248 g/mol. The molecule has 19 heavy (non-hydrogen) atoms. The van der Waals surface area contributed by atoms with E-state index in [0.717, 1.165) is 5.69 Å². The quantitative estimate of drug-likeness (QED) is 0.502. The number of nitro groups is 1. The topological polar surface area (TPSA) is 81.5 Å². The minimum atomic E-state index is -0.372. The van der Waals surface area contributed by atoms with Crippen molar-refractivity contribution >= 4 is 17.3 Å². The van der Waals surface area contributed by atoms with E-state index in [1.54, 1.807) is 13.0 Å². The van der Waals surface area contributed by atoms with Crippen molar-refractivity contribution in [2.45, 2.75) is 25.7 Å². The Hall–Kier alpha value is -2.11. The largest absolute Gasteiger partial charge is 0.466 e. The van der Waals surface area contributed by atoms with Crippen LogP contribution in [0.3, 0.4) is 0 Å². The lowest BCUT2D eigenvalue weighted by Crippen LogP contribution is -2.09. The molecule has 0 saturated carbocycles. The zero-order valence-electron chi connectivity index (χ0n) is 10.7. The number of hydrogen-bond acceptors (Lipinski definition) is 5. The minimum Gasteiger partial charge on any atom is -0.466 e. The number of esters is 1. The Kier molecular flexibility index (Phi) is 3.99. The SMILES string of the molecule is CCOC(=O)CCC1CNc2cccc([N+](=O)[O-])c21. The first kappa shape index (κ1) is 13.3. The number of anilines is 1. The Labute approximate surface area is 110 Å². The van der Waals surface area contributed by atoms with Gasteiger partial charge in [-0.15, -0.1) is 0 Å². The molecule has 0 radical (unpaired) electrons. The standard InChI is InChI=1S/C13H16N2O4/c1-2-19-12(16)7-6-9-8-14-10-4-3-5-11(13(9)10)15(17)18/h3-5,9,14H,2,6-8H2,1H3. The van der Waals surface area contributed by atoms with Gasteiger partial charge in [0.2, 0.25) is 0 Å². The molecule has 6 nitrogen and oxygen atoms in total. The molecule has 0 bridgehead atoms. The monoisotopic (exact) mass is 264 g/mol. The number of nitro benzene ring substituents is 1. The normalized spacial score (nSPS) is 16.6. The van der Waals surface area contributed by atoms with Gasteiger partial charge in [-0.2, -0.15) is 0 Å². The first-order chi connectivity index (χ1) is 9.13. The number of nitrogens with zero attached hydrogens (tertiary/aromatic N) is 1. The highest BCUT2D eigenvalue weighted by Crippen LogP contribution is 2.40. The fourth-order valence-corrected chi connectivity index (χ4v) is 2.40. The van der Waals surface area contributed by atoms with Gasteiger partial charge in [0, 0.05) is 30.6 Å². The molecule has 1 unspecified atom stereocenters. The number of hydrogen-bond donors (Lipinski definition) is 1. The summed E-state index contributed by atoms with van der Waals surface area (Å²) in [7, 11) is 0. The maximum atomic E-state index is 11.4. The van der Waals surface area contributed by atoms with Crippen molar-refractivity contribution in [3.8, 4) is 0 Å². The van der Waals surface area contributed by atoms with Gasteiger partial charge >= 0.3 is 5.97 Å². The number of carbonyl (C=O) groups excluding carboxylic acids is 1. The molecule has 1 aliphatic heterocycles. The molecule has 0 amide bonds. The third-order valence-electron chi connectivity index (χ3n) is 3.23. The van der Waals surface area contributed by atoms with Crippen molar-refractivity contribution in [3.05, 3.63) is 33.9 Å². The van der Waals surface area contributed by atoms with E-state index in [4.69, 9.17) is 4.74 Å². The lowest BCUT2D eigenvalue weighted by atomic mass is 9.95. The fraction of sp³-hybridized carbons (Fsp3) is 0.462. The Morgan fingerprint density at radius 2 is 2.37 bits per heavy atom. The number of carbonyl (C=O) groups is 1. The van der Waals surface area contributed by atoms with Crippen molar-refractivity contribution in [1.29, 1.82) is 0 Å². The second-order valence-corrected chi connectivity index (χ2v) is 4.42. The van der Waals surface area contributed by atoms with Crippen LogP contribution in [0.15, 0.2) is 18.2 Å². The summed E-state index contributed by atoms with van der Waals surface area (Å²) in [5.41, 5.74) is 1.62. The highest BCUT2D eigenvalue weighted by Gasteiger charge is 2.30. The molecule has 102 valence electrons. The van der Waals surface area contributed by atoms with Crippen LogP contribution < -0.4 is 5.32 Å². The highest BCUT2D eigenvalue weighted by atomic mass is 16.6. The Morgan fingerprint density at radius 3 is 3.05 bits per heavy atom. The third kappa shape index (κ3) is 2.83. The molecule has 0 fully saturated rings. The maximum Gasteiger partial charge on any atom is 0.305 e. The van der Waals surface area contributed by atoms with E-state index in [-0.39, 0.29) is 28.9 Å². The van der Waals surface area contributed by atoms with Crippen LogP contribution in [-0.2, 0) is 9.53 Å². The minimum absolute atomic E-state index is 0.0130. The summed E-state index contributed by atoms with van der Waals surface area (Å²) in [4.78, 5) is 22.0. The van der Waals surface area contributed by atoms with Gasteiger partial charge in [0.25, 0.3) is 5.69 Å². The van der Waals surface area contributed by atoms with E-state index in [0.29, 0.717) is 25.1 Å². The molecule has 1 aromatic carbocycles. The first-order valence-electron chi connectivity index (χ1n) is 6.30. The van der Waals surface area contributed by atoms with Crippen LogP contribution in [0.2, 0.25) is 0 Å². The predicted octanol–water partition coefficient (Wildman–Crippen LogP) is 2.45. The summed E-state index contributed by atoms with van der Waals surface area (Å²) in [6, 6.07) is 4.99. The molecular formula is C13H16N2O4. The summed E-state index contributed by atoms with van der Waals surface area (Å²) in [5, 5.41) is 14.2. The van der Waals surface area contributed by atoms with E-state index >= 15 is 0 Å². The number of benzene rings is 1. The van der Waals surface area contributed by atoms with Crippen LogP contribution in [0.5, 0.6) is 0 Å². The van der Waals surface area contributed by atoms with Crippen molar-refractivity contribution in [2.24, 2.45) is 0 Å². The molecule has 1 aliphatic rings. The van der Waals surface area contributed by atoms with Gasteiger partial charge in [-0.05, 0) is 19.4 Å². The van der Waals surface area contributed by atoms with Crippen LogP contribution >= 0.6 is 0 Å². The number of ether oxygens (including phenoxy) is 1. The second-order valence-electron chi connectivity index (χ2n) is 4.42. The average Bonchev–Trinajstić information content (AvgIpc) is 2.79. The van der Waals surface area contributed by atoms with Crippen LogP contribution in [0.1, 0.15) is 31.2 Å². The van der Waals surface area contributed by atoms with Gasteiger partial charge in [-0.3, -0.25) is 14.9 Å². The smallest absolute Gasteiger partial charge is 0.305 e. The fourth-order valence-electron chi connectivity index (χ4n) is 2.40. The summed E-state index contributed by atoms with van der Waals surface area (Å²) in [6.07, 6.45) is 0.843. The van der Waals surface area contributed by atoms with E-state index in [9.17, 15) is 14.9 Å². The number of rotatable bonds is 5. The van der Waals surface area contributed by atoms with Crippen molar-refractivity contribution in [1.82, 2.24) is 0 Å². The zero-order chi connectivity index (χ0) is 13.8. The average molecular weight is 264 g/mol. The first-order valence-corrected chi connectivity index (χ1v) is 6.30. The molecule has 0 spiro atoms. The van der Waals surface area contributed by atoms with Gasteiger partial charge in [0.15, 0.2) is 0 Å². The molecule has 0 aliphatic carbocycles. The van der Waals surface area contributed by atoms with Crippen LogP contribution in [0.25, 0.3) is 0 Å². The number of fused-ring (bicyclic) bond motifs is 1. The maximum absolute atomic E-state index is 11.4. The van der Waals surface area contributed by atoms with Crippen molar-refractivity contribution < 1.29 is 14.5 Å². The van der Waals surface area contributed by atoms with E-state index in [1.807, 2.05) is 6.07 Å². The molecule has 1 N–H and O–H groups in total. The molecule has 1 atom stereocenters.